The zero-order valence-corrected chi connectivity index (χ0v) is 15.5. The molecule has 0 aliphatic heterocycles. The Bertz CT molecular complexity index is 445. The average Bonchev–Trinajstić information content (AvgIpc) is 2.60. The second-order valence-corrected chi connectivity index (χ2v) is 5.80. The summed E-state index contributed by atoms with van der Waals surface area (Å²) >= 11 is 0. The molecule has 5 heteroatoms. The second kappa shape index (κ2) is 13.7. The van der Waals surface area contributed by atoms with Gasteiger partial charge in [-0.3, -0.25) is 0 Å². The lowest BCUT2D eigenvalue weighted by Crippen LogP contribution is -2.37. The first-order valence-electron chi connectivity index (χ1n) is 9.14. The lowest BCUT2D eigenvalue weighted by Gasteiger charge is -2.11. The topological polar surface area (TPSA) is 57.7 Å². The highest BCUT2D eigenvalue weighted by Crippen LogP contribution is 2.10. The van der Waals surface area contributed by atoms with Crippen molar-refractivity contribution >= 4 is 11.6 Å². The van der Waals surface area contributed by atoms with Gasteiger partial charge >= 0.3 is 0 Å². The van der Waals surface area contributed by atoms with Gasteiger partial charge in [-0.2, -0.15) is 0 Å². The van der Waals surface area contributed by atoms with Crippen molar-refractivity contribution in [2.24, 2.45) is 4.99 Å². The summed E-state index contributed by atoms with van der Waals surface area (Å²) < 4.78 is 5.03. The zero-order valence-electron chi connectivity index (χ0n) is 15.5. The first kappa shape index (κ1) is 20.3. The Labute approximate surface area is 147 Å². The van der Waals surface area contributed by atoms with Gasteiger partial charge in [0, 0.05) is 32.4 Å². The minimum Gasteiger partial charge on any atom is -0.383 e. The maximum atomic E-state index is 5.03. The summed E-state index contributed by atoms with van der Waals surface area (Å²) in [6.45, 7) is 8.40. The van der Waals surface area contributed by atoms with Gasteiger partial charge in [-0.15, -0.1) is 0 Å². The van der Waals surface area contributed by atoms with E-state index in [0.29, 0.717) is 13.2 Å². The summed E-state index contributed by atoms with van der Waals surface area (Å²) in [6, 6.07) is 8.41. The Hall–Kier alpha value is -1.75. The smallest absolute Gasteiger partial charge is 0.191 e. The van der Waals surface area contributed by atoms with E-state index in [0.717, 1.165) is 31.3 Å². The molecule has 1 rings (SSSR count). The molecule has 0 atom stereocenters. The van der Waals surface area contributed by atoms with Crippen LogP contribution < -0.4 is 16.0 Å². The van der Waals surface area contributed by atoms with E-state index in [9.17, 15) is 0 Å². The molecule has 0 radical (unpaired) electrons. The van der Waals surface area contributed by atoms with Gasteiger partial charge in [0.15, 0.2) is 5.96 Å². The maximum absolute atomic E-state index is 5.03. The van der Waals surface area contributed by atoms with Crippen LogP contribution in [0.25, 0.3) is 0 Å². The van der Waals surface area contributed by atoms with Crippen molar-refractivity contribution in [2.45, 2.75) is 46.1 Å². The molecule has 0 aromatic heterocycles. The normalized spacial score (nSPS) is 11.4. The summed E-state index contributed by atoms with van der Waals surface area (Å²) in [5.41, 5.74) is 2.32. The van der Waals surface area contributed by atoms with Crippen LogP contribution >= 0.6 is 0 Å². The van der Waals surface area contributed by atoms with Crippen LogP contribution in [0.2, 0.25) is 0 Å². The Morgan fingerprint density at radius 3 is 2.46 bits per heavy atom. The molecule has 1 aromatic rings. The fourth-order valence-corrected chi connectivity index (χ4v) is 2.30. The molecule has 1 aromatic carbocycles. The molecule has 0 amide bonds. The molecule has 0 heterocycles. The predicted molar refractivity (Wildman–Crippen MR) is 104 cm³/mol. The molecule has 136 valence electrons. The van der Waals surface area contributed by atoms with E-state index in [1.165, 1.54) is 31.2 Å². The predicted octanol–water partition coefficient (Wildman–Crippen LogP) is 3.38. The van der Waals surface area contributed by atoms with Crippen molar-refractivity contribution in [1.29, 1.82) is 0 Å². The number of benzene rings is 1. The van der Waals surface area contributed by atoms with Crippen LogP contribution in [0.3, 0.4) is 0 Å². The number of nitrogens with one attached hydrogen (secondary N) is 3. The van der Waals surface area contributed by atoms with E-state index in [1.807, 2.05) is 0 Å². The molecule has 0 fully saturated rings. The van der Waals surface area contributed by atoms with Crippen molar-refractivity contribution in [3.63, 3.8) is 0 Å². The first-order valence-corrected chi connectivity index (χ1v) is 9.14. The molecular formula is C19H34N4O. The highest BCUT2D eigenvalue weighted by atomic mass is 16.5. The van der Waals surface area contributed by atoms with Crippen LogP contribution in [0.15, 0.2) is 29.3 Å². The molecule has 0 bridgehead atoms. The van der Waals surface area contributed by atoms with Gasteiger partial charge in [0.05, 0.1) is 13.2 Å². The number of guanidine groups is 1. The number of hydrogen-bond donors (Lipinski definition) is 3. The van der Waals surface area contributed by atoms with E-state index in [-0.39, 0.29) is 0 Å². The summed E-state index contributed by atoms with van der Waals surface area (Å²) in [5, 5.41) is 10.0. The fourth-order valence-electron chi connectivity index (χ4n) is 2.30. The van der Waals surface area contributed by atoms with Crippen LogP contribution in [0, 0.1) is 0 Å². The Morgan fingerprint density at radius 1 is 1.00 bits per heavy atom. The van der Waals surface area contributed by atoms with Crippen LogP contribution in [0.4, 0.5) is 5.69 Å². The van der Waals surface area contributed by atoms with Gasteiger partial charge in [-0.1, -0.05) is 38.3 Å². The number of unbranched alkanes of at least 4 members (excludes halogenated alkanes) is 3. The Kier molecular flexibility index (Phi) is 11.6. The molecule has 0 spiro atoms. The average molecular weight is 335 g/mol. The third kappa shape index (κ3) is 9.40. The molecule has 0 aliphatic carbocycles. The van der Waals surface area contributed by atoms with Gasteiger partial charge in [0.25, 0.3) is 0 Å². The molecule has 0 unspecified atom stereocenters. The van der Waals surface area contributed by atoms with Crippen molar-refractivity contribution in [3.05, 3.63) is 29.8 Å². The lowest BCUT2D eigenvalue weighted by atomic mass is 10.2. The summed E-state index contributed by atoms with van der Waals surface area (Å²) in [7, 11) is 1.71. The van der Waals surface area contributed by atoms with E-state index >= 15 is 0 Å². The van der Waals surface area contributed by atoms with Crippen LogP contribution in [-0.2, 0) is 11.3 Å². The molecule has 0 saturated carbocycles. The Morgan fingerprint density at radius 2 is 1.79 bits per heavy atom. The second-order valence-electron chi connectivity index (χ2n) is 5.80. The molecule has 5 nitrogen and oxygen atoms in total. The van der Waals surface area contributed by atoms with E-state index in [1.54, 1.807) is 7.11 Å². The molecule has 0 saturated heterocycles. The van der Waals surface area contributed by atoms with Crippen LogP contribution in [0.1, 0.15) is 45.1 Å². The van der Waals surface area contributed by atoms with Crippen molar-refractivity contribution < 1.29 is 4.74 Å². The highest BCUT2D eigenvalue weighted by molar-refractivity contribution is 5.79. The number of aliphatic imine (C=N–C) groups is 1. The zero-order chi connectivity index (χ0) is 17.5. The monoisotopic (exact) mass is 334 g/mol. The van der Waals surface area contributed by atoms with Crippen LogP contribution in [-0.4, -0.2) is 39.3 Å². The maximum Gasteiger partial charge on any atom is 0.191 e. The minimum atomic E-state index is 0.683. The van der Waals surface area contributed by atoms with Gasteiger partial charge in [-0.25, -0.2) is 4.99 Å². The number of anilines is 1. The summed E-state index contributed by atoms with van der Waals surface area (Å²) in [6.07, 6.45) is 5.05. The third-order valence-corrected chi connectivity index (χ3v) is 3.68. The van der Waals surface area contributed by atoms with Crippen LogP contribution in [0.5, 0.6) is 0 Å². The highest BCUT2D eigenvalue weighted by Gasteiger charge is 1.98. The van der Waals surface area contributed by atoms with Crippen molar-refractivity contribution in [2.75, 3.05) is 38.7 Å². The molecule has 24 heavy (non-hydrogen) atoms. The number of ether oxygens (including phenoxy) is 1. The first-order chi connectivity index (χ1) is 11.8. The molecule has 3 N–H and O–H groups in total. The lowest BCUT2D eigenvalue weighted by molar-refractivity contribution is 0.211. The SMILES string of the molecule is CCCCCCNC(=NCc1ccc(NCCOC)cc1)NCC. The minimum absolute atomic E-state index is 0.683. The number of rotatable bonds is 12. The van der Waals surface area contributed by atoms with Crippen molar-refractivity contribution in [3.8, 4) is 0 Å². The van der Waals surface area contributed by atoms with Crippen molar-refractivity contribution in [1.82, 2.24) is 10.6 Å². The van der Waals surface area contributed by atoms with Gasteiger partial charge in [0.2, 0.25) is 0 Å². The Balaban J connectivity index is 2.41. The van der Waals surface area contributed by atoms with Gasteiger partial charge in [0.1, 0.15) is 0 Å². The molecular weight excluding hydrogens is 300 g/mol. The molecule has 0 aliphatic rings. The number of hydrogen-bond acceptors (Lipinski definition) is 3. The quantitative estimate of drug-likeness (QED) is 0.312. The summed E-state index contributed by atoms with van der Waals surface area (Å²) in [5.74, 6) is 0.899. The fraction of sp³-hybridized carbons (Fsp3) is 0.632. The van der Waals surface area contributed by atoms with E-state index in [4.69, 9.17) is 4.74 Å². The number of nitrogens with zero attached hydrogens (tertiary/aromatic N) is 1. The van der Waals surface area contributed by atoms with Gasteiger partial charge in [-0.05, 0) is 31.0 Å². The van der Waals surface area contributed by atoms with Gasteiger partial charge < -0.3 is 20.7 Å². The standard InChI is InChI=1S/C19H34N4O/c1-4-6-7-8-13-22-19(20-5-2)23-16-17-9-11-18(12-10-17)21-14-15-24-3/h9-12,21H,4-8,13-16H2,1-3H3,(H2,20,22,23). The third-order valence-electron chi connectivity index (χ3n) is 3.68. The summed E-state index contributed by atoms with van der Waals surface area (Å²) in [4.78, 5) is 4.66. The largest absolute Gasteiger partial charge is 0.383 e. The van der Waals surface area contributed by atoms with E-state index < -0.39 is 0 Å². The number of methoxy groups -OCH3 is 1. The van der Waals surface area contributed by atoms with E-state index in [2.05, 4.69) is 59.1 Å².